The molecule has 0 aromatic heterocycles. The van der Waals surface area contributed by atoms with Crippen LogP contribution in [-0.2, 0) is 0 Å². The average molecular weight is 233 g/mol. The third kappa shape index (κ3) is 4.59. The van der Waals surface area contributed by atoms with E-state index in [2.05, 4.69) is 50.7 Å². The van der Waals surface area contributed by atoms with Crippen molar-refractivity contribution in [1.29, 1.82) is 0 Å². The summed E-state index contributed by atoms with van der Waals surface area (Å²) in [4.78, 5) is 0. The van der Waals surface area contributed by atoms with Gasteiger partial charge in [-0.2, -0.15) is 0 Å². The Hall–Kier alpha value is -1.31. The van der Waals surface area contributed by atoms with Crippen molar-refractivity contribution in [1.82, 2.24) is 0 Å². The molecule has 0 aliphatic heterocycles. The molecule has 0 unspecified atom stereocenters. The largest absolute Gasteiger partial charge is 0.411 e. The van der Waals surface area contributed by atoms with Crippen molar-refractivity contribution in [2.75, 3.05) is 0 Å². The van der Waals surface area contributed by atoms with Crippen LogP contribution in [0.15, 0.2) is 41.1 Å². The topological polar surface area (TPSA) is 32.6 Å². The lowest BCUT2D eigenvalue weighted by molar-refractivity contribution is 0.317. The maximum absolute atomic E-state index is 8.98. The molecule has 94 valence electrons. The van der Waals surface area contributed by atoms with Gasteiger partial charge in [-0.1, -0.05) is 49.4 Å². The zero-order chi connectivity index (χ0) is 12.9. The SMILES string of the molecule is C=C1C/C=C/C(C)(C)C/C=C(\C)CC/C1=N\O. The Labute approximate surface area is 104 Å². The highest BCUT2D eigenvalue weighted by molar-refractivity contribution is 5.99. The Balaban J connectivity index is 2.91. The van der Waals surface area contributed by atoms with E-state index < -0.39 is 0 Å². The number of hydrogen-bond donors (Lipinski definition) is 1. The van der Waals surface area contributed by atoms with Gasteiger partial charge in [0.25, 0.3) is 0 Å². The number of rotatable bonds is 0. The van der Waals surface area contributed by atoms with Gasteiger partial charge in [0.15, 0.2) is 0 Å². The van der Waals surface area contributed by atoms with Gasteiger partial charge >= 0.3 is 0 Å². The van der Waals surface area contributed by atoms with E-state index >= 15 is 0 Å². The van der Waals surface area contributed by atoms with E-state index in [0.717, 1.165) is 37.0 Å². The molecule has 0 saturated carbocycles. The molecule has 1 rings (SSSR count). The fourth-order valence-electron chi connectivity index (χ4n) is 1.86. The smallest absolute Gasteiger partial charge is 0.0828 e. The Kier molecular flexibility index (Phi) is 4.73. The molecule has 0 fully saturated rings. The van der Waals surface area contributed by atoms with E-state index in [1.54, 1.807) is 0 Å². The molecule has 17 heavy (non-hydrogen) atoms. The normalized spacial score (nSPS) is 29.2. The lowest BCUT2D eigenvalue weighted by Crippen LogP contribution is -2.05. The standard InChI is InChI=1S/C15H23NO/c1-12-7-8-14(16-17)13(2)6-5-10-15(3,4)11-9-12/h5,9-10,17H,2,6-8,11H2,1,3-4H3/b10-5+,12-9+,16-14+. The quantitative estimate of drug-likeness (QED) is 0.373. The number of nitrogens with zero attached hydrogens (tertiary/aromatic N) is 1. The van der Waals surface area contributed by atoms with Gasteiger partial charge in [0, 0.05) is 0 Å². The Morgan fingerprint density at radius 2 is 2.06 bits per heavy atom. The van der Waals surface area contributed by atoms with Crippen LogP contribution in [0.1, 0.15) is 46.5 Å². The van der Waals surface area contributed by atoms with Crippen LogP contribution in [0.3, 0.4) is 0 Å². The maximum atomic E-state index is 8.98. The predicted octanol–water partition coefficient (Wildman–Crippen LogP) is 4.48. The molecule has 0 aromatic carbocycles. The molecular formula is C15H23NO. The van der Waals surface area contributed by atoms with Gasteiger partial charge in [0.2, 0.25) is 0 Å². The summed E-state index contributed by atoms with van der Waals surface area (Å²) in [6, 6.07) is 0. The average Bonchev–Trinajstić information content (AvgIpc) is 2.28. The minimum absolute atomic E-state index is 0.183. The second-order valence-corrected chi connectivity index (χ2v) is 5.50. The first-order chi connectivity index (χ1) is 7.94. The van der Waals surface area contributed by atoms with Crippen molar-refractivity contribution in [3.05, 3.63) is 36.0 Å². The fraction of sp³-hybridized carbons (Fsp3) is 0.533. The van der Waals surface area contributed by atoms with Crippen LogP contribution in [-0.4, -0.2) is 10.9 Å². The summed E-state index contributed by atoms with van der Waals surface area (Å²) in [6.45, 7) is 10.6. The molecule has 2 nitrogen and oxygen atoms in total. The van der Waals surface area contributed by atoms with Crippen LogP contribution in [0.2, 0.25) is 0 Å². The Bertz CT molecular complexity index is 372. The van der Waals surface area contributed by atoms with Crippen molar-refractivity contribution in [3.63, 3.8) is 0 Å². The van der Waals surface area contributed by atoms with Crippen LogP contribution in [0, 0.1) is 5.41 Å². The highest BCUT2D eigenvalue weighted by Crippen LogP contribution is 2.26. The molecule has 2 heteroatoms. The first-order valence-electron chi connectivity index (χ1n) is 6.17. The van der Waals surface area contributed by atoms with E-state index in [-0.39, 0.29) is 5.41 Å². The monoisotopic (exact) mass is 233 g/mol. The molecule has 0 atom stereocenters. The van der Waals surface area contributed by atoms with Gasteiger partial charge in [-0.05, 0) is 43.6 Å². The first kappa shape index (κ1) is 13.8. The number of oxime groups is 1. The van der Waals surface area contributed by atoms with Crippen molar-refractivity contribution in [2.24, 2.45) is 10.6 Å². The fourth-order valence-corrected chi connectivity index (χ4v) is 1.86. The van der Waals surface area contributed by atoms with Crippen molar-refractivity contribution in [3.8, 4) is 0 Å². The highest BCUT2D eigenvalue weighted by atomic mass is 16.4. The van der Waals surface area contributed by atoms with Crippen LogP contribution in [0.4, 0.5) is 0 Å². The highest BCUT2D eigenvalue weighted by Gasteiger charge is 2.13. The summed E-state index contributed by atoms with van der Waals surface area (Å²) in [7, 11) is 0. The third-order valence-corrected chi connectivity index (χ3v) is 3.19. The van der Waals surface area contributed by atoms with E-state index in [1.807, 2.05) is 0 Å². The lowest BCUT2D eigenvalue weighted by atomic mass is 9.87. The summed E-state index contributed by atoms with van der Waals surface area (Å²) in [5.41, 5.74) is 3.17. The minimum Gasteiger partial charge on any atom is -0.411 e. The van der Waals surface area contributed by atoms with Gasteiger partial charge < -0.3 is 5.21 Å². The molecule has 0 spiro atoms. The molecule has 0 bridgehead atoms. The summed E-state index contributed by atoms with van der Waals surface area (Å²) >= 11 is 0. The minimum atomic E-state index is 0.183. The predicted molar refractivity (Wildman–Crippen MR) is 73.5 cm³/mol. The molecule has 0 amide bonds. The van der Waals surface area contributed by atoms with Crippen LogP contribution < -0.4 is 0 Å². The molecule has 1 N–H and O–H groups in total. The first-order valence-corrected chi connectivity index (χ1v) is 6.17. The maximum Gasteiger partial charge on any atom is 0.0828 e. The molecular weight excluding hydrogens is 210 g/mol. The second kappa shape index (κ2) is 5.85. The van der Waals surface area contributed by atoms with Gasteiger partial charge in [0.05, 0.1) is 5.71 Å². The summed E-state index contributed by atoms with van der Waals surface area (Å²) in [5.74, 6) is 0. The number of hydrogen-bond acceptors (Lipinski definition) is 2. The van der Waals surface area contributed by atoms with Gasteiger partial charge in [-0.15, -0.1) is 0 Å². The zero-order valence-corrected chi connectivity index (χ0v) is 11.2. The molecule has 0 saturated heterocycles. The van der Waals surface area contributed by atoms with Crippen molar-refractivity contribution >= 4 is 5.71 Å². The molecule has 0 radical (unpaired) electrons. The third-order valence-electron chi connectivity index (χ3n) is 3.19. The lowest BCUT2D eigenvalue weighted by Gasteiger charge is -2.18. The van der Waals surface area contributed by atoms with Crippen LogP contribution in [0.5, 0.6) is 0 Å². The second-order valence-electron chi connectivity index (χ2n) is 5.50. The Morgan fingerprint density at radius 1 is 1.35 bits per heavy atom. The van der Waals surface area contributed by atoms with E-state index in [9.17, 15) is 0 Å². The van der Waals surface area contributed by atoms with Gasteiger partial charge in [-0.3, -0.25) is 0 Å². The van der Waals surface area contributed by atoms with Crippen LogP contribution >= 0.6 is 0 Å². The number of allylic oxidation sites excluding steroid dienone is 5. The molecule has 1 aliphatic rings. The molecule has 0 aromatic rings. The van der Waals surface area contributed by atoms with Crippen molar-refractivity contribution in [2.45, 2.75) is 46.5 Å². The van der Waals surface area contributed by atoms with Crippen LogP contribution in [0.25, 0.3) is 0 Å². The van der Waals surface area contributed by atoms with E-state index in [4.69, 9.17) is 5.21 Å². The molecule has 0 heterocycles. The van der Waals surface area contributed by atoms with E-state index in [0.29, 0.717) is 0 Å². The summed E-state index contributed by atoms with van der Waals surface area (Å²) < 4.78 is 0. The zero-order valence-electron chi connectivity index (χ0n) is 11.2. The Morgan fingerprint density at radius 3 is 2.71 bits per heavy atom. The van der Waals surface area contributed by atoms with Gasteiger partial charge in [0.1, 0.15) is 0 Å². The van der Waals surface area contributed by atoms with Crippen molar-refractivity contribution < 1.29 is 5.21 Å². The van der Waals surface area contributed by atoms with Gasteiger partial charge in [-0.25, -0.2) is 0 Å². The summed E-state index contributed by atoms with van der Waals surface area (Å²) in [6.07, 6.45) is 10.2. The summed E-state index contributed by atoms with van der Waals surface area (Å²) in [5, 5.41) is 12.3. The molecule has 1 aliphatic carbocycles. The van der Waals surface area contributed by atoms with E-state index in [1.165, 1.54) is 5.57 Å².